The maximum atomic E-state index is 6.29. The summed E-state index contributed by atoms with van der Waals surface area (Å²) in [5.74, 6) is 1.93. The van der Waals surface area contributed by atoms with Crippen molar-refractivity contribution in [3.8, 4) is 34.2 Å². The summed E-state index contributed by atoms with van der Waals surface area (Å²) in [7, 11) is 0. The molecule has 7 aromatic rings. The van der Waals surface area contributed by atoms with Crippen molar-refractivity contribution in [1.82, 2.24) is 15.0 Å². The first-order valence-electron chi connectivity index (χ1n) is 11.5. The van der Waals surface area contributed by atoms with Gasteiger partial charge in [-0.25, -0.2) is 15.0 Å². The lowest BCUT2D eigenvalue weighted by Crippen LogP contribution is -2.00. The number of hydrogen-bond acceptors (Lipinski definition) is 4. The van der Waals surface area contributed by atoms with Crippen molar-refractivity contribution >= 4 is 32.7 Å². The van der Waals surface area contributed by atoms with Crippen LogP contribution in [0.4, 0.5) is 0 Å². The van der Waals surface area contributed by atoms with Crippen LogP contribution in [-0.4, -0.2) is 15.0 Å². The fourth-order valence-corrected chi connectivity index (χ4v) is 4.58. The van der Waals surface area contributed by atoms with E-state index < -0.39 is 0 Å². The number of furan rings is 1. The summed E-state index contributed by atoms with van der Waals surface area (Å²) < 4.78 is 6.29. The van der Waals surface area contributed by atoms with Crippen LogP contribution in [0.25, 0.3) is 66.9 Å². The lowest BCUT2D eigenvalue weighted by atomic mass is 10.0. The number of benzene rings is 5. The molecule has 2 aromatic heterocycles. The van der Waals surface area contributed by atoms with Crippen molar-refractivity contribution in [3.05, 3.63) is 115 Å². The molecule has 4 nitrogen and oxygen atoms in total. The fourth-order valence-electron chi connectivity index (χ4n) is 4.58. The highest BCUT2D eigenvalue weighted by atomic mass is 16.3. The minimum Gasteiger partial charge on any atom is -0.455 e. The standard InChI is InChI=1S/C31H19N3O/c1-3-9-21(10-4-1)29-32-30(22-11-5-2-6-12-22)34-31(33-29)23-16-15-20-17-18-25-24-13-7-8-14-27(24)35-28(25)26(20)19-23/h1-19H. The molecule has 35 heavy (non-hydrogen) atoms. The molecule has 0 spiro atoms. The number of para-hydroxylation sites is 1. The van der Waals surface area contributed by atoms with Crippen molar-refractivity contribution in [2.24, 2.45) is 0 Å². The first-order chi connectivity index (χ1) is 17.3. The van der Waals surface area contributed by atoms with E-state index in [4.69, 9.17) is 19.4 Å². The van der Waals surface area contributed by atoms with Crippen molar-refractivity contribution in [2.45, 2.75) is 0 Å². The van der Waals surface area contributed by atoms with E-state index >= 15 is 0 Å². The smallest absolute Gasteiger partial charge is 0.164 e. The Morgan fingerprint density at radius 1 is 0.429 bits per heavy atom. The number of fused-ring (bicyclic) bond motifs is 5. The molecule has 0 aliphatic rings. The van der Waals surface area contributed by atoms with Gasteiger partial charge in [-0.05, 0) is 23.6 Å². The van der Waals surface area contributed by atoms with Crippen molar-refractivity contribution < 1.29 is 4.42 Å². The molecule has 0 saturated carbocycles. The van der Waals surface area contributed by atoms with Gasteiger partial charge in [-0.15, -0.1) is 0 Å². The van der Waals surface area contributed by atoms with Gasteiger partial charge in [0.25, 0.3) is 0 Å². The molecule has 0 fully saturated rings. The summed E-state index contributed by atoms with van der Waals surface area (Å²) in [5, 5.41) is 4.38. The van der Waals surface area contributed by atoms with Crippen LogP contribution in [0.5, 0.6) is 0 Å². The van der Waals surface area contributed by atoms with Gasteiger partial charge in [-0.1, -0.05) is 97.1 Å². The molecule has 0 N–H and O–H groups in total. The first kappa shape index (κ1) is 19.6. The van der Waals surface area contributed by atoms with Crippen LogP contribution in [0, 0.1) is 0 Å². The second-order valence-electron chi connectivity index (χ2n) is 8.51. The zero-order valence-corrected chi connectivity index (χ0v) is 18.7. The predicted octanol–water partition coefficient (Wildman–Crippen LogP) is 7.93. The Morgan fingerprint density at radius 3 is 1.69 bits per heavy atom. The molecule has 0 saturated heterocycles. The Morgan fingerprint density at radius 2 is 1.00 bits per heavy atom. The highest BCUT2D eigenvalue weighted by Gasteiger charge is 2.14. The van der Waals surface area contributed by atoms with E-state index in [0.717, 1.165) is 49.4 Å². The predicted molar refractivity (Wildman–Crippen MR) is 141 cm³/mol. The van der Waals surface area contributed by atoms with Gasteiger partial charge in [0.15, 0.2) is 17.5 Å². The second kappa shape index (κ2) is 7.89. The van der Waals surface area contributed by atoms with Gasteiger partial charge in [-0.3, -0.25) is 0 Å². The van der Waals surface area contributed by atoms with Gasteiger partial charge >= 0.3 is 0 Å². The molecule has 0 amide bonds. The first-order valence-corrected chi connectivity index (χ1v) is 11.5. The average Bonchev–Trinajstić information content (AvgIpc) is 3.33. The molecule has 0 bridgehead atoms. The van der Waals surface area contributed by atoms with E-state index in [1.807, 2.05) is 78.9 Å². The number of rotatable bonds is 3. The minimum absolute atomic E-state index is 0.632. The number of aromatic nitrogens is 3. The second-order valence-corrected chi connectivity index (χ2v) is 8.51. The molecule has 2 heterocycles. The third-order valence-electron chi connectivity index (χ3n) is 6.32. The normalized spacial score (nSPS) is 11.4. The Bertz CT molecular complexity index is 1780. The zero-order chi connectivity index (χ0) is 23.2. The minimum atomic E-state index is 0.632. The summed E-state index contributed by atoms with van der Waals surface area (Å²) >= 11 is 0. The van der Waals surface area contributed by atoms with Crippen molar-refractivity contribution in [3.63, 3.8) is 0 Å². The summed E-state index contributed by atoms with van der Waals surface area (Å²) in [4.78, 5) is 14.6. The summed E-state index contributed by atoms with van der Waals surface area (Å²) in [6, 6.07) is 38.8. The quantitative estimate of drug-likeness (QED) is 0.275. The van der Waals surface area contributed by atoms with Gasteiger partial charge in [0.05, 0.1) is 0 Å². The molecule has 7 rings (SSSR count). The maximum Gasteiger partial charge on any atom is 0.164 e. The van der Waals surface area contributed by atoms with Gasteiger partial charge in [0.1, 0.15) is 11.2 Å². The van der Waals surface area contributed by atoms with Crippen LogP contribution in [0.1, 0.15) is 0 Å². The molecular weight excluding hydrogens is 430 g/mol. The van der Waals surface area contributed by atoms with E-state index in [-0.39, 0.29) is 0 Å². The molecule has 0 unspecified atom stereocenters. The van der Waals surface area contributed by atoms with E-state index in [0.29, 0.717) is 17.5 Å². The Labute approximate surface area is 201 Å². The Hall–Kier alpha value is -4.83. The van der Waals surface area contributed by atoms with E-state index in [2.05, 4.69) is 36.4 Å². The zero-order valence-electron chi connectivity index (χ0n) is 18.7. The summed E-state index contributed by atoms with van der Waals surface area (Å²) in [6.45, 7) is 0. The van der Waals surface area contributed by atoms with Crippen molar-refractivity contribution in [2.75, 3.05) is 0 Å². The Kier molecular flexibility index (Phi) is 4.42. The number of nitrogens with zero attached hydrogens (tertiary/aromatic N) is 3. The molecular formula is C31H19N3O. The van der Waals surface area contributed by atoms with Gasteiger partial charge in [0, 0.05) is 32.8 Å². The highest BCUT2D eigenvalue weighted by Crippen LogP contribution is 2.35. The van der Waals surface area contributed by atoms with Crippen LogP contribution in [0.3, 0.4) is 0 Å². The molecule has 0 aliphatic carbocycles. The van der Waals surface area contributed by atoms with Gasteiger partial charge in [-0.2, -0.15) is 0 Å². The topological polar surface area (TPSA) is 51.8 Å². The Balaban J connectivity index is 1.47. The van der Waals surface area contributed by atoms with Gasteiger partial charge in [0.2, 0.25) is 0 Å². The van der Waals surface area contributed by atoms with Crippen molar-refractivity contribution in [1.29, 1.82) is 0 Å². The third-order valence-corrected chi connectivity index (χ3v) is 6.32. The van der Waals surface area contributed by atoms with Crippen LogP contribution < -0.4 is 0 Å². The van der Waals surface area contributed by atoms with E-state index in [1.165, 1.54) is 0 Å². The van der Waals surface area contributed by atoms with Crippen LogP contribution >= 0.6 is 0 Å². The van der Waals surface area contributed by atoms with Crippen LogP contribution in [0.2, 0.25) is 0 Å². The van der Waals surface area contributed by atoms with E-state index in [9.17, 15) is 0 Å². The molecule has 0 atom stereocenters. The lowest BCUT2D eigenvalue weighted by molar-refractivity contribution is 0.672. The van der Waals surface area contributed by atoms with Crippen LogP contribution in [-0.2, 0) is 0 Å². The van der Waals surface area contributed by atoms with Gasteiger partial charge < -0.3 is 4.42 Å². The monoisotopic (exact) mass is 449 g/mol. The lowest BCUT2D eigenvalue weighted by Gasteiger charge is -2.09. The van der Waals surface area contributed by atoms with Crippen LogP contribution in [0.15, 0.2) is 120 Å². The average molecular weight is 450 g/mol. The molecule has 0 radical (unpaired) electrons. The molecule has 4 heteroatoms. The van der Waals surface area contributed by atoms with E-state index in [1.54, 1.807) is 0 Å². The SMILES string of the molecule is c1ccc(-c2nc(-c3ccccc3)nc(-c3ccc4ccc5c6ccccc6oc5c4c3)n2)cc1. The highest BCUT2D eigenvalue weighted by molar-refractivity contribution is 6.15. The number of hydrogen-bond donors (Lipinski definition) is 0. The maximum absolute atomic E-state index is 6.29. The fraction of sp³-hybridized carbons (Fsp3) is 0. The molecule has 5 aromatic carbocycles. The summed E-state index contributed by atoms with van der Waals surface area (Å²) in [5.41, 5.74) is 4.59. The molecule has 164 valence electrons. The largest absolute Gasteiger partial charge is 0.455 e. The third kappa shape index (κ3) is 3.35. The summed E-state index contributed by atoms with van der Waals surface area (Å²) in [6.07, 6.45) is 0. The molecule has 0 aliphatic heterocycles.